The number of halogens is 1. The van der Waals surface area contributed by atoms with E-state index in [9.17, 15) is 14.0 Å². The van der Waals surface area contributed by atoms with Gasteiger partial charge in [-0.1, -0.05) is 12.1 Å². The van der Waals surface area contributed by atoms with Crippen LogP contribution in [0.15, 0.2) is 48.9 Å². The summed E-state index contributed by atoms with van der Waals surface area (Å²) >= 11 is 0. The van der Waals surface area contributed by atoms with Crippen molar-refractivity contribution in [1.82, 2.24) is 19.8 Å². The van der Waals surface area contributed by atoms with Crippen molar-refractivity contribution in [3.8, 4) is 17.2 Å². The lowest BCUT2D eigenvalue weighted by Crippen LogP contribution is -2.65. The molecular formula is C36H44FN5O5. The molecule has 1 spiro atoms. The lowest BCUT2D eigenvalue weighted by Gasteiger charge is -2.59. The topological polar surface area (TPSA) is 97.3 Å². The number of carbonyl (C=O) groups is 2. The third kappa shape index (κ3) is 6.84. The van der Waals surface area contributed by atoms with E-state index in [1.807, 2.05) is 53.7 Å². The molecule has 47 heavy (non-hydrogen) atoms. The van der Waals surface area contributed by atoms with Gasteiger partial charge in [0.2, 0.25) is 0 Å². The van der Waals surface area contributed by atoms with Crippen molar-refractivity contribution in [1.29, 1.82) is 0 Å². The van der Waals surface area contributed by atoms with E-state index in [1.54, 1.807) is 16.0 Å². The van der Waals surface area contributed by atoms with Crippen LogP contribution >= 0.6 is 0 Å². The SMILES string of the molecule is CCN(C(=O)c1cc(F)ccc1Oc1cncnc1N1CC2(CC(Oc3cccc4c3CN(C(=O)OC(C)(C)C)CC4)C2)C1)C(C)C. The van der Waals surface area contributed by atoms with Gasteiger partial charge in [-0.2, -0.15) is 0 Å². The number of benzene rings is 2. The molecule has 3 aromatic rings. The summed E-state index contributed by atoms with van der Waals surface area (Å²) in [5.74, 6) is 1.34. The Balaban J connectivity index is 1.09. The summed E-state index contributed by atoms with van der Waals surface area (Å²) in [4.78, 5) is 40.4. The van der Waals surface area contributed by atoms with Crippen molar-refractivity contribution >= 4 is 17.8 Å². The number of anilines is 1. The fourth-order valence-electron chi connectivity index (χ4n) is 6.88. The molecule has 11 heteroatoms. The van der Waals surface area contributed by atoms with Gasteiger partial charge in [0.15, 0.2) is 11.6 Å². The van der Waals surface area contributed by atoms with Crippen LogP contribution in [-0.2, 0) is 17.7 Å². The fourth-order valence-corrected chi connectivity index (χ4v) is 6.88. The highest BCUT2D eigenvalue weighted by molar-refractivity contribution is 5.97. The Morgan fingerprint density at radius 3 is 2.57 bits per heavy atom. The van der Waals surface area contributed by atoms with E-state index in [4.69, 9.17) is 14.2 Å². The Kier molecular flexibility index (Phi) is 8.76. The predicted octanol–water partition coefficient (Wildman–Crippen LogP) is 6.62. The van der Waals surface area contributed by atoms with Gasteiger partial charge in [0.05, 0.1) is 18.3 Å². The monoisotopic (exact) mass is 645 g/mol. The van der Waals surface area contributed by atoms with Gasteiger partial charge in [0.25, 0.3) is 5.91 Å². The molecule has 0 unspecified atom stereocenters. The van der Waals surface area contributed by atoms with Gasteiger partial charge in [-0.05, 0) is 90.6 Å². The van der Waals surface area contributed by atoms with Gasteiger partial charge in [-0.25, -0.2) is 19.2 Å². The Hall–Kier alpha value is -4.41. The molecular weight excluding hydrogens is 601 g/mol. The number of fused-ring (bicyclic) bond motifs is 1. The van der Waals surface area contributed by atoms with Crippen molar-refractivity contribution < 1.29 is 28.2 Å². The summed E-state index contributed by atoms with van der Waals surface area (Å²) in [6.45, 7) is 14.5. The van der Waals surface area contributed by atoms with Gasteiger partial charge in [0.1, 0.15) is 35.3 Å². The Labute approximate surface area is 275 Å². The van der Waals surface area contributed by atoms with E-state index in [-0.39, 0.29) is 40.9 Å². The summed E-state index contributed by atoms with van der Waals surface area (Å²) in [7, 11) is 0. The van der Waals surface area contributed by atoms with Crippen molar-refractivity contribution in [3.05, 3.63) is 71.4 Å². The first kappa shape index (κ1) is 32.5. The average Bonchev–Trinajstić information content (AvgIpc) is 2.98. The van der Waals surface area contributed by atoms with E-state index < -0.39 is 11.4 Å². The summed E-state index contributed by atoms with van der Waals surface area (Å²) in [5, 5.41) is 0. The number of aromatic nitrogens is 2. The second-order valence-corrected chi connectivity index (χ2v) is 14.2. The van der Waals surface area contributed by atoms with Crippen LogP contribution in [-0.4, -0.2) is 75.7 Å². The summed E-state index contributed by atoms with van der Waals surface area (Å²) in [6.07, 6.45) is 5.41. The zero-order chi connectivity index (χ0) is 33.5. The smallest absolute Gasteiger partial charge is 0.410 e. The van der Waals surface area contributed by atoms with Crippen LogP contribution in [0.3, 0.4) is 0 Å². The van der Waals surface area contributed by atoms with Gasteiger partial charge < -0.3 is 28.9 Å². The largest absolute Gasteiger partial charge is 0.490 e. The molecule has 1 aromatic heterocycles. The number of nitrogens with zero attached hydrogens (tertiary/aromatic N) is 5. The minimum atomic E-state index is -0.546. The molecule has 2 aliphatic heterocycles. The number of carbonyl (C=O) groups excluding carboxylic acids is 2. The second-order valence-electron chi connectivity index (χ2n) is 14.2. The van der Waals surface area contributed by atoms with E-state index in [1.165, 1.54) is 30.1 Å². The Morgan fingerprint density at radius 2 is 1.87 bits per heavy atom. The summed E-state index contributed by atoms with van der Waals surface area (Å²) in [5.41, 5.74) is 1.99. The minimum Gasteiger partial charge on any atom is -0.490 e. The number of rotatable bonds is 8. The minimum absolute atomic E-state index is 0.0500. The third-order valence-electron chi connectivity index (χ3n) is 9.12. The molecule has 250 valence electrons. The van der Waals surface area contributed by atoms with Gasteiger partial charge in [-0.3, -0.25) is 4.79 Å². The molecule has 3 aliphatic rings. The molecule has 2 fully saturated rings. The molecule has 6 rings (SSSR count). The maximum absolute atomic E-state index is 14.3. The van der Waals surface area contributed by atoms with Gasteiger partial charge in [0, 0.05) is 43.2 Å². The first-order valence-corrected chi connectivity index (χ1v) is 16.4. The van der Waals surface area contributed by atoms with E-state index in [2.05, 4.69) is 20.9 Å². The van der Waals surface area contributed by atoms with E-state index >= 15 is 0 Å². The van der Waals surface area contributed by atoms with E-state index in [0.717, 1.165) is 43.7 Å². The normalized spacial score (nSPS) is 17.1. The van der Waals surface area contributed by atoms with Crippen molar-refractivity contribution in [2.45, 2.75) is 85.1 Å². The van der Waals surface area contributed by atoms with Crippen LogP contribution < -0.4 is 14.4 Å². The van der Waals surface area contributed by atoms with Crippen molar-refractivity contribution in [2.24, 2.45) is 5.41 Å². The highest BCUT2D eigenvalue weighted by atomic mass is 19.1. The molecule has 2 amide bonds. The fraction of sp³-hybridized carbons (Fsp3) is 0.500. The summed E-state index contributed by atoms with van der Waals surface area (Å²) < 4.78 is 32.7. The van der Waals surface area contributed by atoms with Crippen LogP contribution in [0.25, 0.3) is 0 Å². The highest BCUT2D eigenvalue weighted by Gasteiger charge is 2.54. The lowest BCUT2D eigenvalue weighted by atomic mass is 9.61. The van der Waals surface area contributed by atoms with Crippen molar-refractivity contribution in [2.75, 3.05) is 31.1 Å². The first-order chi connectivity index (χ1) is 22.3. The zero-order valence-corrected chi connectivity index (χ0v) is 28.1. The van der Waals surface area contributed by atoms with Crippen LogP contribution in [0.4, 0.5) is 15.0 Å². The maximum atomic E-state index is 14.3. The molecule has 2 aromatic carbocycles. The zero-order valence-electron chi connectivity index (χ0n) is 28.1. The van der Waals surface area contributed by atoms with Crippen LogP contribution in [0.5, 0.6) is 17.2 Å². The molecule has 0 atom stereocenters. The standard InChI is InChI=1S/C36H44FN5O5/c1-7-42(23(2)3)33(43)27-15-25(37)11-12-30(27)46-31-18-38-22-39-32(31)41-20-36(21-41)16-26(17-36)45-29-10-8-9-24-13-14-40(19-28(24)29)34(44)47-35(4,5)6/h8-12,15,18,22-23,26H,7,13-14,16-17,19-21H2,1-6H3. The quantitative estimate of drug-likeness (QED) is 0.270. The number of hydrogen-bond donors (Lipinski definition) is 0. The molecule has 0 bridgehead atoms. The van der Waals surface area contributed by atoms with Gasteiger partial charge >= 0.3 is 6.09 Å². The molecule has 0 radical (unpaired) electrons. The molecule has 1 aliphatic carbocycles. The molecule has 1 saturated heterocycles. The predicted molar refractivity (Wildman–Crippen MR) is 175 cm³/mol. The third-order valence-corrected chi connectivity index (χ3v) is 9.12. The Bertz CT molecular complexity index is 1640. The summed E-state index contributed by atoms with van der Waals surface area (Å²) in [6, 6.07) is 10.1. The lowest BCUT2D eigenvalue weighted by molar-refractivity contribution is -0.0352. The first-order valence-electron chi connectivity index (χ1n) is 16.4. The molecule has 1 saturated carbocycles. The highest BCUT2D eigenvalue weighted by Crippen LogP contribution is 2.52. The average molecular weight is 646 g/mol. The van der Waals surface area contributed by atoms with E-state index in [0.29, 0.717) is 31.2 Å². The van der Waals surface area contributed by atoms with Crippen LogP contribution in [0.2, 0.25) is 0 Å². The molecule has 0 N–H and O–H groups in total. The number of amides is 2. The number of ether oxygens (including phenoxy) is 3. The van der Waals surface area contributed by atoms with Crippen LogP contribution in [0, 0.1) is 11.2 Å². The van der Waals surface area contributed by atoms with Crippen LogP contribution in [0.1, 0.15) is 75.9 Å². The maximum Gasteiger partial charge on any atom is 0.410 e. The Morgan fingerprint density at radius 1 is 1.11 bits per heavy atom. The molecule has 3 heterocycles. The number of hydrogen-bond acceptors (Lipinski definition) is 8. The molecule has 10 nitrogen and oxygen atoms in total. The second kappa shape index (κ2) is 12.7. The van der Waals surface area contributed by atoms with Gasteiger partial charge in [-0.15, -0.1) is 0 Å². The van der Waals surface area contributed by atoms with Crippen molar-refractivity contribution in [3.63, 3.8) is 0 Å².